The maximum atomic E-state index is 12.9. The summed E-state index contributed by atoms with van der Waals surface area (Å²) in [6.45, 7) is 8.04. The third kappa shape index (κ3) is 6.28. The quantitative estimate of drug-likeness (QED) is 0.582. The van der Waals surface area contributed by atoms with Crippen LogP contribution >= 0.6 is 0 Å². The van der Waals surface area contributed by atoms with E-state index in [9.17, 15) is 9.59 Å². The molecular weight excluding hydrogens is 400 g/mol. The zero-order valence-corrected chi connectivity index (χ0v) is 18.8. The van der Waals surface area contributed by atoms with E-state index in [1.165, 1.54) is 14.2 Å². The van der Waals surface area contributed by atoms with Gasteiger partial charge in [-0.3, -0.25) is 9.59 Å². The van der Waals surface area contributed by atoms with E-state index >= 15 is 0 Å². The lowest BCUT2D eigenvalue weighted by molar-refractivity contribution is -0.118. The second-order valence-electron chi connectivity index (χ2n) is 6.91. The topological polar surface area (TPSA) is 95.1 Å². The van der Waals surface area contributed by atoms with Gasteiger partial charge in [0.1, 0.15) is 23.0 Å². The van der Waals surface area contributed by atoms with Gasteiger partial charge in [0.2, 0.25) is 5.91 Å². The fourth-order valence-electron chi connectivity index (χ4n) is 2.72. The molecule has 8 nitrogen and oxygen atoms in total. The van der Waals surface area contributed by atoms with Gasteiger partial charge in [-0.1, -0.05) is 13.8 Å². The lowest BCUT2D eigenvalue weighted by Crippen LogP contribution is -2.19. The zero-order chi connectivity index (χ0) is 23.0. The first kappa shape index (κ1) is 23.9. The summed E-state index contributed by atoms with van der Waals surface area (Å²) < 4.78 is 21.9. The SMILES string of the molecule is CCOc1cc(NC(=O)C(C)C)c(OCC)cc1NC(=O)c1cc(OC)cc(OC)c1. The number of ether oxygens (including phenoxy) is 4. The number of rotatable bonds is 10. The van der Waals surface area contributed by atoms with Gasteiger partial charge in [-0.05, 0) is 26.0 Å². The lowest BCUT2D eigenvalue weighted by Gasteiger charge is -2.18. The Hall–Kier alpha value is -3.42. The molecule has 0 spiro atoms. The summed E-state index contributed by atoms with van der Waals surface area (Å²) in [5, 5.41) is 5.69. The Morgan fingerprint density at radius 3 is 1.71 bits per heavy atom. The normalized spacial score (nSPS) is 10.4. The van der Waals surface area contributed by atoms with Gasteiger partial charge in [0.15, 0.2) is 0 Å². The highest BCUT2D eigenvalue weighted by molar-refractivity contribution is 6.06. The number of carbonyl (C=O) groups is 2. The van der Waals surface area contributed by atoms with Gasteiger partial charge < -0.3 is 29.6 Å². The fraction of sp³-hybridized carbons (Fsp3) is 0.391. The average molecular weight is 431 g/mol. The molecule has 0 aromatic heterocycles. The van der Waals surface area contributed by atoms with Gasteiger partial charge in [0, 0.05) is 29.7 Å². The van der Waals surface area contributed by atoms with E-state index in [4.69, 9.17) is 18.9 Å². The van der Waals surface area contributed by atoms with Crippen molar-refractivity contribution in [2.24, 2.45) is 5.92 Å². The molecule has 0 radical (unpaired) electrons. The number of methoxy groups -OCH3 is 2. The second kappa shape index (κ2) is 11.1. The number of carbonyl (C=O) groups excluding carboxylic acids is 2. The fourth-order valence-corrected chi connectivity index (χ4v) is 2.72. The summed E-state index contributed by atoms with van der Waals surface area (Å²) >= 11 is 0. The Labute approximate surface area is 182 Å². The largest absolute Gasteiger partial charge is 0.497 e. The molecule has 0 aliphatic rings. The minimum absolute atomic E-state index is 0.149. The van der Waals surface area contributed by atoms with Gasteiger partial charge in [0.25, 0.3) is 5.91 Å². The zero-order valence-electron chi connectivity index (χ0n) is 18.8. The average Bonchev–Trinajstić information content (AvgIpc) is 2.76. The summed E-state index contributed by atoms with van der Waals surface area (Å²) in [7, 11) is 3.03. The van der Waals surface area contributed by atoms with Crippen LogP contribution in [0, 0.1) is 5.92 Å². The van der Waals surface area contributed by atoms with Crippen molar-refractivity contribution in [3.63, 3.8) is 0 Å². The van der Waals surface area contributed by atoms with Gasteiger partial charge in [-0.25, -0.2) is 0 Å². The number of hydrogen-bond acceptors (Lipinski definition) is 6. The Balaban J connectivity index is 2.43. The molecule has 0 aliphatic heterocycles. The predicted molar refractivity (Wildman–Crippen MR) is 120 cm³/mol. The van der Waals surface area contributed by atoms with E-state index in [1.54, 1.807) is 44.2 Å². The summed E-state index contributed by atoms with van der Waals surface area (Å²) in [5.74, 6) is 1.11. The van der Waals surface area contributed by atoms with Crippen molar-refractivity contribution in [2.75, 3.05) is 38.1 Å². The highest BCUT2D eigenvalue weighted by Crippen LogP contribution is 2.37. The molecule has 0 unspecified atom stereocenters. The molecule has 0 heterocycles. The van der Waals surface area contributed by atoms with E-state index in [2.05, 4.69) is 10.6 Å². The molecule has 0 saturated heterocycles. The Morgan fingerprint density at radius 2 is 1.29 bits per heavy atom. The van der Waals surface area contributed by atoms with Crippen LogP contribution < -0.4 is 29.6 Å². The molecule has 168 valence electrons. The monoisotopic (exact) mass is 430 g/mol. The molecular formula is C23H30N2O6. The van der Waals surface area contributed by atoms with Gasteiger partial charge in [-0.15, -0.1) is 0 Å². The van der Waals surface area contributed by atoms with Crippen LogP contribution in [0.25, 0.3) is 0 Å². The van der Waals surface area contributed by atoms with Crippen molar-refractivity contribution < 1.29 is 28.5 Å². The van der Waals surface area contributed by atoms with Crippen LogP contribution in [-0.2, 0) is 4.79 Å². The van der Waals surface area contributed by atoms with Crippen LogP contribution in [0.5, 0.6) is 23.0 Å². The van der Waals surface area contributed by atoms with Crippen molar-refractivity contribution >= 4 is 23.2 Å². The smallest absolute Gasteiger partial charge is 0.256 e. The van der Waals surface area contributed by atoms with E-state index in [-0.39, 0.29) is 17.7 Å². The Morgan fingerprint density at radius 1 is 0.806 bits per heavy atom. The number of hydrogen-bond donors (Lipinski definition) is 2. The molecule has 0 aliphatic carbocycles. The van der Waals surface area contributed by atoms with E-state index < -0.39 is 0 Å². The third-order valence-electron chi connectivity index (χ3n) is 4.33. The minimum atomic E-state index is -0.375. The van der Waals surface area contributed by atoms with Crippen molar-refractivity contribution in [1.82, 2.24) is 0 Å². The summed E-state index contributed by atoms with van der Waals surface area (Å²) in [5.41, 5.74) is 1.25. The third-order valence-corrected chi connectivity index (χ3v) is 4.33. The first-order valence-corrected chi connectivity index (χ1v) is 10.1. The maximum absolute atomic E-state index is 12.9. The number of amides is 2. The standard InChI is InChI=1S/C23H30N2O6/c1-7-30-20-13-19(21(31-8-2)12-18(20)24-22(26)14(3)4)25-23(27)15-9-16(28-5)11-17(10-15)29-6/h9-14H,7-8H2,1-6H3,(H,24,26)(H,25,27). The van der Waals surface area contributed by atoms with Crippen LogP contribution in [0.15, 0.2) is 30.3 Å². The molecule has 2 amide bonds. The number of anilines is 2. The molecule has 2 aromatic rings. The first-order valence-electron chi connectivity index (χ1n) is 10.1. The molecule has 2 N–H and O–H groups in total. The predicted octanol–water partition coefficient (Wildman–Crippen LogP) is 4.35. The van der Waals surface area contributed by atoms with Crippen molar-refractivity contribution in [3.05, 3.63) is 35.9 Å². The lowest BCUT2D eigenvalue weighted by atomic mass is 10.1. The molecule has 0 fully saturated rings. The van der Waals surface area contributed by atoms with Crippen LogP contribution in [0.4, 0.5) is 11.4 Å². The van der Waals surface area contributed by atoms with Crippen LogP contribution in [-0.4, -0.2) is 39.2 Å². The van der Waals surface area contributed by atoms with Crippen molar-refractivity contribution in [3.8, 4) is 23.0 Å². The van der Waals surface area contributed by atoms with E-state index in [0.717, 1.165) is 0 Å². The molecule has 0 bridgehead atoms. The van der Waals surface area contributed by atoms with Crippen LogP contribution in [0.1, 0.15) is 38.1 Å². The Kier molecular flexibility index (Phi) is 8.54. The first-order chi connectivity index (χ1) is 14.8. The van der Waals surface area contributed by atoms with Crippen molar-refractivity contribution in [1.29, 1.82) is 0 Å². The van der Waals surface area contributed by atoms with E-state index in [1.807, 2.05) is 13.8 Å². The minimum Gasteiger partial charge on any atom is -0.497 e. The van der Waals surface area contributed by atoms with Crippen molar-refractivity contribution in [2.45, 2.75) is 27.7 Å². The summed E-state index contributed by atoms with van der Waals surface area (Å²) in [6.07, 6.45) is 0. The Bertz CT molecular complexity index is 904. The van der Waals surface area contributed by atoms with E-state index in [0.29, 0.717) is 53.2 Å². The molecule has 2 rings (SSSR count). The van der Waals surface area contributed by atoms with Gasteiger partial charge >= 0.3 is 0 Å². The molecule has 31 heavy (non-hydrogen) atoms. The highest BCUT2D eigenvalue weighted by Gasteiger charge is 2.18. The van der Waals surface area contributed by atoms with Crippen LogP contribution in [0.2, 0.25) is 0 Å². The molecule has 0 atom stereocenters. The number of benzene rings is 2. The molecule has 8 heteroatoms. The van der Waals surface area contributed by atoms with Crippen LogP contribution in [0.3, 0.4) is 0 Å². The maximum Gasteiger partial charge on any atom is 0.256 e. The highest BCUT2D eigenvalue weighted by atomic mass is 16.5. The molecule has 2 aromatic carbocycles. The van der Waals surface area contributed by atoms with Gasteiger partial charge in [-0.2, -0.15) is 0 Å². The van der Waals surface area contributed by atoms with Gasteiger partial charge in [0.05, 0.1) is 38.8 Å². The second-order valence-corrected chi connectivity index (χ2v) is 6.91. The number of nitrogens with one attached hydrogen (secondary N) is 2. The molecule has 0 saturated carbocycles. The summed E-state index contributed by atoms with van der Waals surface area (Å²) in [4.78, 5) is 25.1. The summed E-state index contributed by atoms with van der Waals surface area (Å²) in [6, 6.07) is 8.19.